The summed E-state index contributed by atoms with van der Waals surface area (Å²) in [5, 5.41) is 0. The molecule has 0 bridgehead atoms. The molecule has 4 nitrogen and oxygen atoms in total. The van der Waals surface area contributed by atoms with Crippen LogP contribution in [0, 0.1) is 5.82 Å². The van der Waals surface area contributed by atoms with Crippen molar-refractivity contribution in [3.63, 3.8) is 0 Å². The van der Waals surface area contributed by atoms with Crippen molar-refractivity contribution >= 4 is 48.8 Å². The Kier molecular flexibility index (Phi) is 4.60. The molecule has 8 heteroatoms. The molecule has 110 valence electrons. The fourth-order valence-electron chi connectivity index (χ4n) is 1.65. The van der Waals surface area contributed by atoms with Crippen LogP contribution in [0.2, 0.25) is 0 Å². The number of hydrogen-bond donors (Lipinski definition) is 2. The van der Waals surface area contributed by atoms with E-state index in [1.54, 1.807) is 18.2 Å². The molecular formula is C13H10BrFN2O2S2. The standard InChI is InChI=1S/C13H10BrFN2O2S2/c14-10-3-1-2-4-12(10)21(18,19)17-8-5-6-11(15)9(7-8)13(16)20/h1-7,17H,(H2,16,20). The minimum Gasteiger partial charge on any atom is -0.389 e. The lowest BCUT2D eigenvalue weighted by Gasteiger charge is -2.11. The van der Waals surface area contributed by atoms with Crippen LogP contribution in [0.4, 0.5) is 10.1 Å². The van der Waals surface area contributed by atoms with E-state index in [9.17, 15) is 12.8 Å². The molecule has 0 radical (unpaired) electrons. The lowest BCUT2D eigenvalue weighted by molar-refractivity contribution is 0.600. The average Bonchev–Trinajstić information content (AvgIpc) is 2.40. The number of nitrogens with one attached hydrogen (secondary N) is 1. The Morgan fingerprint density at radius 1 is 1.24 bits per heavy atom. The van der Waals surface area contributed by atoms with E-state index in [4.69, 9.17) is 18.0 Å². The Morgan fingerprint density at radius 2 is 1.90 bits per heavy atom. The van der Waals surface area contributed by atoms with Gasteiger partial charge in [0, 0.05) is 15.7 Å². The van der Waals surface area contributed by atoms with Crippen LogP contribution in [0.3, 0.4) is 0 Å². The third kappa shape index (κ3) is 3.58. The summed E-state index contributed by atoms with van der Waals surface area (Å²) in [7, 11) is -3.80. The van der Waals surface area contributed by atoms with Gasteiger partial charge < -0.3 is 5.73 Å². The SMILES string of the molecule is NC(=S)c1cc(NS(=O)(=O)c2ccccc2Br)ccc1F. The molecule has 0 atom stereocenters. The zero-order valence-corrected chi connectivity index (χ0v) is 13.7. The molecule has 0 unspecified atom stereocenters. The normalized spacial score (nSPS) is 11.1. The van der Waals surface area contributed by atoms with Crippen LogP contribution < -0.4 is 10.5 Å². The Morgan fingerprint density at radius 3 is 2.52 bits per heavy atom. The minimum atomic E-state index is -3.80. The van der Waals surface area contributed by atoms with E-state index in [2.05, 4.69) is 20.7 Å². The number of anilines is 1. The fraction of sp³-hybridized carbons (Fsp3) is 0. The smallest absolute Gasteiger partial charge is 0.263 e. The highest BCUT2D eigenvalue weighted by atomic mass is 79.9. The molecule has 0 aliphatic rings. The monoisotopic (exact) mass is 388 g/mol. The van der Waals surface area contributed by atoms with Gasteiger partial charge in [-0.1, -0.05) is 24.4 Å². The van der Waals surface area contributed by atoms with Crippen LogP contribution in [0.5, 0.6) is 0 Å². The molecule has 0 aromatic heterocycles. The number of halogens is 2. The number of benzene rings is 2. The molecule has 21 heavy (non-hydrogen) atoms. The molecule has 2 aromatic rings. The molecule has 2 rings (SSSR count). The van der Waals surface area contributed by atoms with Gasteiger partial charge in [-0.15, -0.1) is 0 Å². The molecule has 0 aliphatic carbocycles. The Balaban J connectivity index is 2.40. The van der Waals surface area contributed by atoms with Gasteiger partial charge in [-0.25, -0.2) is 12.8 Å². The first-order chi connectivity index (χ1) is 9.81. The highest BCUT2D eigenvalue weighted by molar-refractivity contribution is 9.10. The molecule has 0 aliphatic heterocycles. The first kappa shape index (κ1) is 15.9. The van der Waals surface area contributed by atoms with Gasteiger partial charge in [-0.3, -0.25) is 4.72 Å². The summed E-state index contributed by atoms with van der Waals surface area (Å²) in [6, 6.07) is 10.0. The predicted octanol–water partition coefficient (Wildman–Crippen LogP) is 3.02. The first-order valence-electron chi connectivity index (χ1n) is 5.68. The average molecular weight is 389 g/mol. The van der Waals surface area contributed by atoms with Crippen molar-refractivity contribution < 1.29 is 12.8 Å². The zero-order valence-electron chi connectivity index (χ0n) is 10.5. The zero-order chi connectivity index (χ0) is 15.6. The van der Waals surface area contributed by atoms with Gasteiger partial charge in [0.05, 0.1) is 0 Å². The molecule has 0 fully saturated rings. The maximum Gasteiger partial charge on any atom is 0.263 e. The van der Waals surface area contributed by atoms with Crippen LogP contribution in [-0.4, -0.2) is 13.4 Å². The summed E-state index contributed by atoms with van der Waals surface area (Å²) in [4.78, 5) is -0.0689. The van der Waals surface area contributed by atoms with E-state index in [-0.39, 0.29) is 21.1 Å². The van der Waals surface area contributed by atoms with Gasteiger partial charge in [0.2, 0.25) is 0 Å². The second-order valence-electron chi connectivity index (χ2n) is 4.09. The highest BCUT2D eigenvalue weighted by Crippen LogP contribution is 2.24. The van der Waals surface area contributed by atoms with Crippen molar-refractivity contribution in [1.29, 1.82) is 0 Å². The maximum absolute atomic E-state index is 13.5. The first-order valence-corrected chi connectivity index (χ1v) is 8.36. The van der Waals surface area contributed by atoms with Gasteiger partial charge in [-0.05, 0) is 46.3 Å². The van der Waals surface area contributed by atoms with Gasteiger partial charge >= 0.3 is 0 Å². The lowest BCUT2D eigenvalue weighted by Crippen LogP contribution is -2.16. The second kappa shape index (κ2) is 6.08. The van der Waals surface area contributed by atoms with Gasteiger partial charge in [0.15, 0.2) is 0 Å². The largest absolute Gasteiger partial charge is 0.389 e. The fourth-order valence-corrected chi connectivity index (χ4v) is 3.86. The van der Waals surface area contributed by atoms with Crippen LogP contribution in [-0.2, 0) is 10.0 Å². The summed E-state index contributed by atoms with van der Waals surface area (Å²) in [5.41, 5.74) is 5.55. The third-order valence-corrected chi connectivity index (χ3v) is 5.22. The molecule has 2 aromatic carbocycles. The van der Waals surface area contributed by atoms with E-state index in [1.165, 1.54) is 18.2 Å². The molecule has 3 N–H and O–H groups in total. The van der Waals surface area contributed by atoms with Gasteiger partial charge in [0.25, 0.3) is 10.0 Å². The number of nitrogens with two attached hydrogens (primary N) is 1. The summed E-state index contributed by atoms with van der Waals surface area (Å²) in [5.74, 6) is -0.605. The van der Waals surface area contributed by atoms with E-state index in [0.717, 1.165) is 6.07 Å². The van der Waals surface area contributed by atoms with E-state index in [1.807, 2.05) is 0 Å². The van der Waals surface area contributed by atoms with Crippen molar-refractivity contribution in [2.45, 2.75) is 4.90 Å². The van der Waals surface area contributed by atoms with E-state index in [0.29, 0.717) is 4.47 Å². The quantitative estimate of drug-likeness (QED) is 0.789. The summed E-state index contributed by atoms with van der Waals surface area (Å²) in [6.45, 7) is 0. The number of rotatable bonds is 4. The van der Waals surface area contributed by atoms with Gasteiger partial charge in [-0.2, -0.15) is 0 Å². The molecule has 0 saturated carbocycles. The minimum absolute atomic E-state index is 0.0164. The van der Waals surface area contributed by atoms with Crippen LogP contribution in [0.25, 0.3) is 0 Å². The molecular weight excluding hydrogens is 379 g/mol. The van der Waals surface area contributed by atoms with Crippen molar-refractivity contribution in [2.24, 2.45) is 5.73 Å². The maximum atomic E-state index is 13.5. The summed E-state index contributed by atoms with van der Waals surface area (Å²) in [6.07, 6.45) is 0. The van der Waals surface area contributed by atoms with Crippen molar-refractivity contribution in [2.75, 3.05) is 4.72 Å². The predicted molar refractivity (Wildman–Crippen MR) is 87.2 cm³/mol. The van der Waals surface area contributed by atoms with E-state index < -0.39 is 15.8 Å². The number of sulfonamides is 1. The Bertz CT molecular complexity index is 810. The topological polar surface area (TPSA) is 72.2 Å². The summed E-state index contributed by atoms with van der Waals surface area (Å²) < 4.78 is 40.9. The molecule has 0 saturated heterocycles. The lowest BCUT2D eigenvalue weighted by atomic mass is 10.2. The third-order valence-electron chi connectivity index (χ3n) is 2.61. The van der Waals surface area contributed by atoms with Crippen LogP contribution in [0.15, 0.2) is 51.8 Å². The van der Waals surface area contributed by atoms with Crippen LogP contribution in [0.1, 0.15) is 5.56 Å². The van der Waals surface area contributed by atoms with E-state index >= 15 is 0 Å². The Hall–Kier alpha value is -1.51. The second-order valence-corrected chi connectivity index (χ2v) is 7.04. The van der Waals surface area contributed by atoms with Crippen molar-refractivity contribution in [3.8, 4) is 0 Å². The summed E-state index contributed by atoms with van der Waals surface area (Å²) >= 11 is 7.89. The Labute approximate surface area is 135 Å². The highest BCUT2D eigenvalue weighted by Gasteiger charge is 2.18. The van der Waals surface area contributed by atoms with Crippen molar-refractivity contribution in [1.82, 2.24) is 0 Å². The molecule has 0 amide bonds. The van der Waals surface area contributed by atoms with Crippen LogP contribution >= 0.6 is 28.1 Å². The van der Waals surface area contributed by atoms with Gasteiger partial charge in [0.1, 0.15) is 15.7 Å². The molecule has 0 spiro atoms. The van der Waals surface area contributed by atoms with Crippen molar-refractivity contribution in [3.05, 3.63) is 58.3 Å². The molecule has 0 heterocycles. The number of hydrogen-bond acceptors (Lipinski definition) is 3. The number of thiocarbonyl (C=S) groups is 1.